The maximum absolute atomic E-state index is 15.3. The lowest BCUT2D eigenvalue weighted by molar-refractivity contribution is -0.0498. The van der Waals surface area contributed by atoms with Gasteiger partial charge in [0.1, 0.15) is 23.2 Å². The molecule has 6 heteroatoms. The van der Waals surface area contributed by atoms with Crippen molar-refractivity contribution in [1.29, 1.82) is 0 Å². The van der Waals surface area contributed by atoms with Crippen molar-refractivity contribution < 1.29 is 26.7 Å². The van der Waals surface area contributed by atoms with Crippen LogP contribution in [0.4, 0.5) is 22.0 Å². The van der Waals surface area contributed by atoms with Crippen molar-refractivity contribution in [1.82, 2.24) is 0 Å². The molecular weight excluding hydrogens is 435 g/mol. The highest BCUT2D eigenvalue weighted by molar-refractivity contribution is 5.89. The number of aryl methyl sites for hydroxylation is 1. The summed E-state index contributed by atoms with van der Waals surface area (Å²) >= 11 is 0. The van der Waals surface area contributed by atoms with Gasteiger partial charge in [0.25, 0.3) is 0 Å². The summed E-state index contributed by atoms with van der Waals surface area (Å²) in [5.74, 6) is -2.44. The van der Waals surface area contributed by atoms with Crippen LogP contribution in [0.2, 0.25) is 0 Å². The molecule has 0 bridgehead atoms. The van der Waals surface area contributed by atoms with E-state index < -0.39 is 24.1 Å². The maximum atomic E-state index is 15.3. The average molecular weight is 456 g/mol. The topological polar surface area (TPSA) is 9.23 Å². The molecule has 4 aromatic rings. The normalized spacial score (nSPS) is 11.4. The Hall–Kier alpha value is -3.41. The first-order valence-electron chi connectivity index (χ1n) is 10.6. The highest BCUT2D eigenvalue weighted by atomic mass is 19.3. The lowest BCUT2D eigenvalue weighted by Gasteiger charge is -2.12. The van der Waals surface area contributed by atoms with Gasteiger partial charge in [-0.1, -0.05) is 55.8 Å². The van der Waals surface area contributed by atoms with Gasteiger partial charge < -0.3 is 4.74 Å². The van der Waals surface area contributed by atoms with Crippen molar-refractivity contribution in [3.05, 3.63) is 89.7 Å². The molecule has 0 radical (unpaired) electrons. The van der Waals surface area contributed by atoms with Crippen molar-refractivity contribution in [2.24, 2.45) is 0 Å². The number of rotatable bonds is 7. The van der Waals surface area contributed by atoms with Crippen LogP contribution in [0.1, 0.15) is 25.3 Å². The molecule has 0 aliphatic heterocycles. The van der Waals surface area contributed by atoms with Crippen molar-refractivity contribution in [3.8, 4) is 28.0 Å². The molecule has 0 atom stereocenters. The highest BCUT2D eigenvalue weighted by Gasteiger charge is 2.17. The molecule has 0 N–H and O–H groups in total. The molecule has 0 unspecified atom stereocenters. The highest BCUT2D eigenvalue weighted by Crippen LogP contribution is 2.35. The number of hydrogen-bond acceptors (Lipinski definition) is 1. The average Bonchev–Trinajstić information content (AvgIpc) is 2.78. The Labute approximate surface area is 188 Å². The van der Waals surface area contributed by atoms with E-state index in [2.05, 4.69) is 11.7 Å². The first kappa shape index (κ1) is 22.8. The summed E-state index contributed by atoms with van der Waals surface area (Å²) in [5.41, 5.74) is 1.10. The molecule has 0 aliphatic carbocycles. The third-order valence-electron chi connectivity index (χ3n) is 5.56. The van der Waals surface area contributed by atoms with Gasteiger partial charge in [-0.05, 0) is 59.2 Å². The van der Waals surface area contributed by atoms with Gasteiger partial charge in [0.15, 0.2) is 0 Å². The van der Waals surface area contributed by atoms with E-state index >= 15 is 4.39 Å². The van der Waals surface area contributed by atoms with Crippen LogP contribution < -0.4 is 4.74 Å². The number of alkyl halides is 2. The summed E-state index contributed by atoms with van der Waals surface area (Å²) in [7, 11) is 0. The van der Waals surface area contributed by atoms with Crippen LogP contribution in [0.25, 0.3) is 33.0 Å². The molecule has 170 valence electrons. The van der Waals surface area contributed by atoms with Gasteiger partial charge in [0, 0.05) is 10.9 Å². The lowest BCUT2D eigenvalue weighted by atomic mass is 9.95. The second kappa shape index (κ2) is 9.61. The summed E-state index contributed by atoms with van der Waals surface area (Å²) in [4.78, 5) is 0. The molecule has 0 saturated heterocycles. The number of fused-ring (bicyclic) bond motifs is 1. The number of hydrogen-bond donors (Lipinski definition) is 0. The Balaban J connectivity index is 1.69. The molecule has 0 saturated carbocycles. The molecule has 0 aromatic heterocycles. The molecule has 4 aromatic carbocycles. The van der Waals surface area contributed by atoms with E-state index in [-0.39, 0.29) is 28.0 Å². The summed E-state index contributed by atoms with van der Waals surface area (Å²) in [6.45, 7) is -0.892. The van der Waals surface area contributed by atoms with Gasteiger partial charge in [-0.15, -0.1) is 0 Å². The van der Waals surface area contributed by atoms with E-state index in [1.165, 1.54) is 30.3 Å². The second-order valence-electron chi connectivity index (χ2n) is 7.80. The zero-order valence-corrected chi connectivity index (χ0v) is 17.8. The fraction of sp³-hybridized carbons (Fsp3) is 0.185. The van der Waals surface area contributed by atoms with Gasteiger partial charge in [-0.2, -0.15) is 8.78 Å². The van der Waals surface area contributed by atoms with Crippen LogP contribution >= 0.6 is 0 Å². The largest absolute Gasteiger partial charge is 0.435 e. The van der Waals surface area contributed by atoms with Crippen molar-refractivity contribution in [2.75, 3.05) is 0 Å². The summed E-state index contributed by atoms with van der Waals surface area (Å²) in [6.07, 6.45) is 3.01. The Bertz CT molecular complexity index is 1260. The monoisotopic (exact) mass is 456 g/mol. The number of benzene rings is 4. The Morgan fingerprint density at radius 2 is 1.48 bits per heavy atom. The molecule has 0 heterocycles. The molecule has 0 aliphatic rings. The van der Waals surface area contributed by atoms with Gasteiger partial charge in [-0.25, -0.2) is 13.2 Å². The predicted molar refractivity (Wildman–Crippen MR) is 120 cm³/mol. The van der Waals surface area contributed by atoms with Crippen LogP contribution in [0.5, 0.6) is 5.75 Å². The zero-order valence-electron chi connectivity index (χ0n) is 17.8. The quantitative estimate of drug-likeness (QED) is 0.253. The van der Waals surface area contributed by atoms with E-state index in [1.807, 2.05) is 12.1 Å². The predicted octanol–water partition coefficient (Wildman–Crippen LogP) is 8.54. The van der Waals surface area contributed by atoms with Crippen molar-refractivity contribution in [3.63, 3.8) is 0 Å². The van der Waals surface area contributed by atoms with Gasteiger partial charge >= 0.3 is 6.61 Å². The van der Waals surface area contributed by atoms with Gasteiger partial charge in [0.05, 0.1) is 5.56 Å². The third kappa shape index (κ3) is 4.85. The maximum Gasteiger partial charge on any atom is 0.387 e. The van der Waals surface area contributed by atoms with E-state index in [0.717, 1.165) is 42.3 Å². The summed E-state index contributed by atoms with van der Waals surface area (Å²) < 4.78 is 73.9. The van der Waals surface area contributed by atoms with Gasteiger partial charge in [0.2, 0.25) is 0 Å². The van der Waals surface area contributed by atoms with E-state index in [9.17, 15) is 17.6 Å². The number of halogens is 5. The lowest BCUT2D eigenvalue weighted by Crippen LogP contribution is -2.01. The van der Waals surface area contributed by atoms with Crippen LogP contribution in [0.15, 0.2) is 66.7 Å². The van der Waals surface area contributed by atoms with Crippen LogP contribution in [-0.4, -0.2) is 6.61 Å². The van der Waals surface area contributed by atoms with E-state index in [0.29, 0.717) is 5.39 Å². The molecule has 33 heavy (non-hydrogen) atoms. The van der Waals surface area contributed by atoms with Crippen LogP contribution in [0, 0.1) is 17.5 Å². The van der Waals surface area contributed by atoms with Crippen LogP contribution in [-0.2, 0) is 6.42 Å². The number of ether oxygens (including phenoxy) is 1. The molecule has 0 fully saturated rings. The molecule has 0 amide bonds. The first-order chi connectivity index (χ1) is 15.9. The SMILES string of the molecule is CCCCc1ccc2c(F)c(-c3cc(F)c(-c4ccc(OC(F)F)cc4)c(F)c3)ccc2c1. The van der Waals surface area contributed by atoms with Crippen molar-refractivity contribution >= 4 is 10.8 Å². The standard InChI is InChI=1S/C27H21F5O/c1-2-3-4-16-5-11-21-18(13-16)8-12-22(26(21)30)19-14-23(28)25(24(29)15-19)17-6-9-20(10-7-17)33-27(31)32/h5-15,27H,2-4H2,1H3. The Morgan fingerprint density at radius 3 is 2.12 bits per heavy atom. The molecule has 4 rings (SSSR count). The van der Waals surface area contributed by atoms with Crippen molar-refractivity contribution in [2.45, 2.75) is 32.8 Å². The first-order valence-corrected chi connectivity index (χ1v) is 10.6. The minimum atomic E-state index is -3.00. The van der Waals surface area contributed by atoms with Gasteiger partial charge in [-0.3, -0.25) is 0 Å². The van der Waals surface area contributed by atoms with Crippen LogP contribution in [0.3, 0.4) is 0 Å². The van der Waals surface area contributed by atoms with E-state index in [1.54, 1.807) is 12.1 Å². The molecule has 1 nitrogen and oxygen atoms in total. The Morgan fingerprint density at radius 1 is 0.788 bits per heavy atom. The third-order valence-corrected chi connectivity index (χ3v) is 5.56. The minimum absolute atomic E-state index is 0.0702. The summed E-state index contributed by atoms with van der Waals surface area (Å²) in [5, 5.41) is 1.11. The summed E-state index contributed by atoms with van der Waals surface area (Å²) in [6, 6.07) is 15.9. The minimum Gasteiger partial charge on any atom is -0.435 e. The fourth-order valence-corrected chi connectivity index (χ4v) is 3.91. The second-order valence-corrected chi connectivity index (χ2v) is 7.80. The molecular formula is C27H21F5O. The van der Waals surface area contributed by atoms with E-state index in [4.69, 9.17) is 0 Å². The smallest absolute Gasteiger partial charge is 0.387 e. The zero-order chi connectivity index (χ0) is 23.5. The molecule has 0 spiro atoms. The fourth-order valence-electron chi connectivity index (χ4n) is 3.91. The Kier molecular flexibility index (Phi) is 6.63. The number of unbranched alkanes of at least 4 members (excludes halogenated alkanes) is 1.